The molecule has 0 amide bonds. The first-order valence-corrected chi connectivity index (χ1v) is 15.6. The van der Waals surface area contributed by atoms with Crippen LogP contribution >= 0.6 is 0 Å². The Morgan fingerprint density at radius 3 is 1.76 bits per heavy atom. The van der Waals surface area contributed by atoms with Crippen molar-refractivity contribution in [2.45, 2.75) is 19.3 Å². The van der Waals surface area contributed by atoms with Gasteiger partial charge in [0, 0.05) is 38.4 Å². The molecule has 0 fully saturated rings. The molecule has 46 heavy (non-hydrogen) atoms. The first-order valence-electron chi connectivity index (χ1n) is 15.6. The summed E-state index contributed by atoms with van der Waals surface area (Å²) in [4.78, 5) is 15.1. The molecule has 1 aliphatic rings. The fraction of sp³-hybridized carbons (Fsp3) is 0.0714. The summed E-state index contributed by atoms with van der Waals surface area (Å²) in [6.07, 6.45) is 0. The van der Waals surface area contributed by atoms with E-state index < -0.39 is 0 Å². The van der Waals surface area contributed by atoms with Gasteiger partial charge in [0.2, 0.25) is 0 Å². The van der Waals surface area contributed by atoms with E-state index in [2.05, 4.69) is 80.6 Å². The van der Waals surface area contributed by atoms with Crippen molar-refractivity contribution in [2.75, 3.05) is 0 Å². The highest BCUT2D eigenvalue weighted by atomic mass is 16.3. The second-order valence-corrected chi connectivity index (χ2v) is 12.4. The third kappa shape index (κ3) is 3.97. The third-order valence-electron chi connectivity index (χ3n) is 9.36. The Hall–Kier alpha value is -5.87. The van der Waals surface area contributed by atoms with E-state index in [0.717, 1.165) is 49.8 Å². The summed E-state index contributed by atoms with van der Waals surface area (Å²) < 4.78 is 6.76. The molecule has 6 aromatic carbocycles. The van der Waals surface area contributed by atoms with Gasteiger partial charge in [-0.2, -0.15) is 0 Å². The number of furan rings is 1. The molecule has 1 aliphatic carbocycles. The van der Waals surface area contributed by atoms with Crippen LogP contribution < -0.4 is 0 Å². The average molecular weight is 592 g/mol. The van der Waals surface area contributed by atoms with Crippen LogP contribution in [0.3, 0.4) is 0 Å². The van der Waals surface area contributed by atoms with E-state index in [4.69, 9.17) is 19.4 Å². The van der Waals surface area contributed by atoms with Crippen molar-refractivity contribution >= 4 is 21.9 Å². The van der Waals surface area contributed by atoms with E-state index in [0.29, 0.717) is 17.5 Å². The van der Waals surface area contributed by atoms with E-state index in [-0.39, 0.29) is 5.41 Å². The molecule has 0 radical (unpaired) electrons. The van der Waals surface area contributed by atoms with Gasteiger partial charge in [0.15, 0.2) is 17.5 Å². The number of fused-ring (bicyclic) bond motifs is 6. The van der Waals surface area contributed by atoms with Gasteiger partial charge >= 0.3 is 0 Å². The average Bonchev–Trinajstić information content (AvgIpc) is 3.62. The fourth-order valence-electron chi connectivity index (χ4n) is 7.13. The molecule has 2 heterocycles. The lowest BCUT2D eigenvalue weighted by atomic mass is 9.82. The molecule has 0 atom stereocenters. The molecule has 0 spiro atoms. The van der Waals surface area contributed by atoms with Crippen LogP contribution in [-0.4, -0.2) is 15.0 Å². The maximum atomic E-state index is 6.76. The highest BCUT2D eigenvalue weighted by Crippen LogP contribution is 2.53. The molecule has 0 saturated heterocycles. The maximum absolute atomic E-state index is 6.76. The molecule has 4 heteroatoms. The Bertz CT molecular complexity index is 2380. The van der Waals surface area contributed by atoms with Crippen LogP contribution in [0, 0.1) is 0 Å². The van der Waals surface area contributed by atoms with Gasteiger partial charge in [-0.25, -0.2) is 15.0 Å². The molecular formula is C42H29N3O. The maximum Gasteiger partial charge on any atom is 0.164 e. The van der Waals surface area contributed by atoms with Crippen LogP contribution in [0.25, 0.3) is 78.4 Å². The van der Waals surface area contributed by atoms with Crippen molar-refractivity contribution in [3.8, 4) is 56.4 Å². The smallest absolute Gasteiger partial charge is 0.164 e. The van der Waals surface area contributed by atoms with Gasteiger partial charge in [-0.05, 0) is 46.0 Å². The molecule has 4 nitrogen and oxygen atoms in total. The number of hydrogen-bond donors (Lipinski definition) is 0. The molecular weight excluding hydrogens is 562 g/mol. The van der Waals surface area contributed by atoms with Gasteiger partial charge in [0.05, 0.1) is 0 Å². The summed E-state index contributed by atoms with van der Waals surface area (Å²) in [6.45, 7) is 4.63. The Kier molecular flexibility index (Phi) is 5.81. The van der Waals surface area contributed by atoms with Gasteiger partial charge in [-0.1, -0.05) is 135 Å². The summed E-state index contributed by atoms with van der Waals surface area (Å²) in [5.41, 5.74) is 11.8. The Morgan fingerprint density at radius 2 is 1.02 bits per heavy atom. The topological polar surface area (TPSA) is 51.8 Å². The first-order chi connectivity index (χ1) is 22.6. The lowest BCUT2D eigenvalue weighted by molar-refractivity contribution is 0.660. The van der Waals surface area contributed by atoms with Gasteiger partial charge in [-0.15, -0.1) is 0 Å². The standard InChI is InChI=1S/C42H29N3O/c1-42(2)33-21-11-9-18-30(33)36-28(20-13-22-34(36)42)29-24-25-32(37-31-19-10-12-23-35(31)46-38(29)37)41-44-39(26-14-5-3-6-15-26)43-40(45-41)27-16-7-4-8-17-27/h3-25H,1-2H3. The van der Waals surface area contributed by atoms with Crippen LogP contribution in [0.2, 0.25) is 0 Å². The van der Waals surface area contributed by atoms with E-state index in [1.54, 1.807) is 0 Å². The molecule has 0 N–H and O–H groups in total. The minimum Gasteiger partial charge on any atom is -0.455 e. The number of hydrogen-bond acceptors (Lipinski definition) is 4. The minimum atomic E-state index is -0.0958. The van der Waals surface area contributed by atoms with Crippen LogP contribution in [-0.2, 0) is 5.41 Å². The number of para-hydroxylation sites is 1. The fourth-order valence-corrected chi connectivity index (χ4v) is 7.13. The summed E-state index contributed by atoms with van der Waals surface area (Å²) in [6, 6.07) is 48.2. The highest BCUT2D eigenvalue weighted by Gasteiger charge is 2.37. The first kappa shape index (κ1) is 26.5. The zero-order valence-electron chi connectivity index (χ0n) is 25.5. The second-order valence-electron chi connectivity index (χ2n) is 12.4. The highest BCUT2D eigenvalue weighted by molar-refractivity contribution is 6.16. The van der Waals surface area contributed by atoms with Crippen molar-refractivity contribution < 1.29 is 4.42 Å². The van der Waals surface area contributed by atoms with Crippen LogP contribution in [0.5, 0.6) is 0 Å². The number of nitrogens with zero attached hydrogens (tertiary/aromatic N) is 3. The normalized spacial score (nSPS) is 13.2. The Labute approximate surface area is 267 Å². The predicted molar refractivity (Wildman–Crippen MR) is 186 cm³/mol. The van der Waals surface area contributed by atoms with Gasteiger partial charge in [-0.3, -0.25) is 0 Å². The van der Waals surface area contributed by atoms with Crippen LogP contribution in [0.15, 0.2) is 144 Å². The van der Waals surface area contributed by atoms with Crippen LogP contribution in [0.1, 0.15) is 25.0 Å². The third-order valence-corrected chi connectivity index (χ3v) is 9.36. The molecule has 0 bridgehead atoms. The number of aromatic nitrogens is 3. The van der Waals surface area contributed by atoms with Gasteiger partial charge in [0.25, 0.3) is 0 Å². The SMILES string of the molecule is CC1(C)c2ccccc2-c2c(-c3ccc(-c4nc(-c5ccccc5)nc(-c5ccccc5)n4)c4c3oc3ccccc34)cccc21. The van der Waals surface area contributed by atoms with E-state index in [1.165, 1.54) is 22.3 Å². The largest absolute Gasteiger partial charge is 0.455 e. The predicted octanol–water partition coefficient (Wildman–Crippen LogP) is 10.7. The number of rotatable bonds is 4. The van der Waals surface area contributed by atoms with Crippen LogP contribution in [0.4, 0.5) is 0 Å². The van der Waals surface area contributed by atoms with Crippen molar-refractivity contribution in [1.29, 1.82) is 0 Å². The summed E-state index contributed by atoms with van der Waals surface area (Å²) in [5, 5.41) is 2.03. The van der Waals surface area contributed by atoms with Gasteiger partial charge in [0.1, 0.15) is 11.2 Å². The Morgan fingerprint density at radius 1 is 0.457 bits per heavy atom. The molecule has 8 aromatic rings. The zero-order valence-corrected chi connectivity index (χ0v) is 25.5. The molecule has 218 valence electrons. The number of benzene rings is 6. The lowest BCUT2D eigenvalue weighted by Crippen LogP contribution is -2.14. The molecule has 9 rings (SSSR count). The molecule has 0 unspecified atom stereocenters. The van der Waals surface area contributed by atoms with Crippen molar-refractivity contribution in [2.24, 2.45) is 0 Å². The molecule has 0 saturated carbocycles. The van der Waals surface area contributed by atoms with Crippen molar-refractivity contribution in [3.63, 3.8) is 0 Å². The summed E-state index contributed by atoms with van der Waals surface area (Å²) in [7, 11) is 0. The second kappa shape index (κ2) is 10.1. The summed E-state index contributed by atoms with van der Waals surface area (Å²) >= 11 is 0. The van der Waals surface area contributed by atoms with E-state index in [9.17, 15) is 0 Å². The molecule has 0 aliphatic heterocycles. The monoisotopic (exact) mass is 591 g/mol. The lowest BCUT2D eigenvalue weighted by Gasteiger charge is -2.21. The zero-order chi connectivity index (χ0) is 30.8. The van der Waals surface area contributed by atoms with E-state index >= 15 is 0 Å². The van der Waals surface area contributed by atoms with Crippen molar-refractivity contribution in [3.05, 3.63) is 151 Å². The Balaban J connectivity index is 1.34. The van der Waals surface area contributed by atoms with Crippen molar-refractivity contribution in [1.82, 2.24) is 15.0 Å². The van der Waals surface area contributed by atoms with E-state index in [1.807, 2.05) is 72.8 Å². The van der Waals surface area contributed by atoms with Gasteiger partial charge < -0.3 is 4.42 Å². The minimum absolute atomic E-state index is 0.0958. The quantitative estimate of drug-likeness (QED) is 0.204. The summed E-state index contributed by atoms with van der Waals surface area (Å²) in [5.74, 6) is 1.88. The molecule has 2 aromatic heterocycles.